The maximum atomic E-state index is 11.9. The van der Waals surface area contributed by atoms with Crippen molar-refractivity contribution in [2.75, 3.05) is 6.54 Å². The highest BCUT2D eigenvalue weighted by molar-refractivity contribution is 5.88. The van der Waals surface area contributed by atoms with Crippen molar-refractivity contribution in [1.82, 2.24) is 4.90 Å². The van der Waals surface area contributed by atoms with Crippen LogP contribution in [0.3, 0.4) is 0 Å². The van der Waals surface area contributed by atoms with E-state index in [4.69, 9.17) is 5.11 Å². The van der Waals surface area contributed by atoms with Crippen LogP contribution in [0.15, 0.2) is 0 Å². The number of carboxylic acids is 1. The molecule has 1 spiro atoms. The minimum absolute atomic E-state index is 0.0222. The van der Waals surface area contributed by atoms with Crippen LogP contribution in [-0.2, 0) is 14.4 Å². The number of carboxylic acid groups (broad SMARTS) is 1. The Labute approximate surface area is 105 Å². The van der Waals surface area contributed by atoms with Gasteiger partial charge in [-0.15, -0.1) is 0 Å². The minimum atomic E-state index is -0.811. The van der Waals surface area contributed by atoms with E-state index in [9.17, 15) is 14.4 Å². The number of carbonyl (C=O) groups is 3. The Bertz CT molecular complexity index is 436. The Morgan fingerprint density at radius 1 is 1.33 bits per heavy atom. The number of fused-ring (bicyclic) bond motifs is 1. The van der Waals surface area contributed by atoms with Crippen molar-refractivity contribution < 1.29 is 19.5 Å². The number of aliphatic carboxylic acids is 1. The summed E-state index contributed by atoms with van der Waals surface area (Å²) >= 11 is 0. The summed E-state index contributed by atoms with van der Waals surface area (Å²) in [5, 5.41) is 8.84. The zero-order valence-corrected chi connectivity index (χ0v) is 10.3. The van der Waals surface area contributed by atoms with Gasteiger partial charge in [0, 0.05) is 43.2 Å². The Hall–Kier alpha value is -1.39. The maximum Gasteiger partial charge on any atom is 0.303 e. The molecule has 0 radical (unpaired) electrons. The minimum Gasteiger partial charge on any atom is -0.481 e. The molecule has 18 heavy (non-hydrogen) atoms. The lowest BCUT2D eigenvalue weighted by Crippen LogP contribution is -2.41. The molecule has 1 atom stereocenters. The van der Waals surface area contributed by atoms with E-state index in [1.165, 1.54) is 0 Å². The van der Waals surface area contributed by atoms with Crippen LogP contribution in [0.2, 0.25) is 0 Å². The Morgan fingerprint density at radius 3 is 2.67 bits per heavy atom. The van der Waals surface area contributed by atoms with Crippen LogP contribution < -0.4 is 0 Å². The summed E-state index contributed by atoms with van der Waals surface area (Å²) in [4.78, 5) is 35.8. The Kier molecular flexibility index (Phi) is 2.31. The molecule has 0 bridgehead atoms. The van der Waals surface area contributed by atoms with E-state index in [0.29, 0.717) is 32.2 Å². The van der Waals surface area contributed by atoms with E-state index < -0.39 is 5.97 Å². The van der Waals surface area contributed by atoms with E-state index in [1.807, 2.05) is 4.90 Å². The van der Waals surface area contributed by atoms with Crippen molar-refractivity contribution in [3.8, 4) is 0 Å². The zero-order chi connectivity index (χ0) is 13.0. The van der Waals surface area contributed by atoms with Crippen molar-refractivity contribution in [2.24, 2.45) is 5.41 Å². The number of ketones is 1. The highest BCUT2D eigenvalue weighted by Crippen LogP contribution is 2.57. The second-order valence-electron chi connectivity index (χ2n) is 6.17. The van der Waals surface area contributed by atoms with Gasteiger partial charge in [-0.3, -0.25) is 14.4 Å². The molecule has 1 saturated carbocycles. The number of hydrogen-bond donors (Lipinski definition) is 1. The molecular weight excluding hydrogens is 234 g/mol. The quantitative estimate of drug-likeness (QED) is 0.810. The van der Waals surface area contributed by atoms with E-state index in [2.05, 4.69) is 0 Å². The second kappa shape index (κ2) is 3.56. The molecule has 98 valence electrons. The molecule has 3 rings (SSSR count). The van der Waals surface area contributed by atoms with Crippen LogP contribution >= 0.6 is 0 Å². The van der Waals surface area contributed by atoms with E-state index in [-0.39, 0.29) is 29.1 Å². The van der Waals surface area contributed by atoms with Crippen LogP contribution in [0.25, 0.3) is 0 Å². The Balaban J connectivity index is 1.80. The molecular formula is C13H17NO4. The van der Waals surface area contributed by atoms with Gasteiger partial charge < -0.3 is 10.0 Å². The summed E-state index contributed by atoms with van der Waals surface area (Å²) in [5.41, 5.74) is -0.290. The average molecular weight is 251 g/mol. The molecule has 2 aliphatic heterocycles. The number of amides is 1. The van der Waals surface area contributed by atoms with E-state index in [0.717, 1.165) is 12.8 Å². The van der Waals surface area contributed by atoms with Gasteiger partial charge in [0.15, 0.2) is 0 Å². The Morgan fingerprint density at radius 2 is 2.06 bits per heavy atom. The predicted molar refractivity (Wildman–Crippen MR) is 61.8 cm³/mol. The lowest BCUT2D eigenvalue weighted by Gasteiger charge is -2.37. The molecule has 0 aromatic rings. The van der Waals surface area contributed by atoms with Crippen molar-refractivity contribution >= 4 is 17.7 Å². The molecule has 0 aromatic carbocycles. The zero-order valence-electron chi connectivity index (χ0n) is 10.3. The summed E-state index contributed by atoms with van der Waals surface area (Å²) < 4.78 is 0. The fraction of sp³-hybridized carbons (Fsp3) is 0.769. The van der Waals surface area contributed by atoms with Gasteiger partial charge in [0.1, 0.15) is 5.78 Å². The summed E-state index contributed by atoms with van der Waals surface area (Å²) in [6.45, 7) is 0.664. The summed E-state index contributed by atoms with van der Waals surface area (Å²) in [7, 11) is 0. The largest absolute Gasteiger partial charge is 0.481 e. The number of carbonyl (C=O) groups excluding carboxylic acids is 2. The molecule has 0 aromatic heterocycles. The van der Waals surface area contributed by atoms with Gasteiger partial charge in [0.25, 0.3) is 0 Å². The summed E-state index contributed by atoms with van der Waals surface area (Å²) in [6.07, 6.45) is 3.90. The molecule has 1 N–H and O–H groups in total. The van der Waals surface area contributed by atoms with Crippen molar-refractivity contribution in [2.45, 2.75) is 50.5 Å². The molecule has 3 fully saturated rings. The third-order valence-electron chi connectivity index (χ3n) is 4.82. The smallest absolute Gasteiger partial charge is 0.303 e. The van der Waals surface area contributed by atoms with Crippen molar-refractivity contribution in [3.63, 3.8) is 0 Å². The molecule has 1 unspecified atom stereocenters. The molecule has 5 heteroatoms. The van der Waals surface area contributed by atoms with Gasteiger partial charge in [0.2, 0.25) is 5.91 Å². The first-order valence-corrected chi connectivity index (χ1v) is 6.49. The van der Waals surface area contributed by atoms with E-state index in [1.54, 1.807) is 0 Å². The number of hydrogen-bond acceptors (Lipinski definition) is 3. The number of rotatable bonds is 3. The predicted octanol–water partition coefficient (Wildman–Crippen LogP) is 0.965. The second-order valence-corrected chi connectivity index (χ2v) is 6.17. The van der Waals surface area contributed by atoms with Crippen LogP contribution in [0.1, 0.15) is 44.9 Å². The van der Waals surface area contributed by atoms with E-state index >= 15 is 0 Å². The van der Waals surface area contributed by atoms with Crippen LogP contribution in [-0.4, -0.2) is 39.7 Å². The van der Waals surface area contributed by atoms with Gasteiger partial charge in [-0.25, -0.2) is 0 Å². The van der Waals surface area contributed by atoms with Crippen LogP contribution in [0.5, 0.6) is 0 Å². The van der Waals surface area contributed by atoms with Crippen LogP contribution in [0, 0.1) is 5.41 Å². The van der Waals surface area contributed by atoms with Crippen molar-refractivity contribution in [3.05, 3.63) is 0 Å². The van der Waals surface area contributed by atoms with Gasteiger partial charge in [-0.1, -0.05) is 0 Å². The molecule has 1 amide bonds. The van der Waals surface area contributed by atoms with Gasteiger partial charge in [0.05, 0.1) is 0 Å². The standard InChI is InChI=1S/C13H17NO4/c15-9-5-12(6-9)7-13(4-2-11(17)18)3-1-10(16)14(13)8-12/h1-8H2,(H,17,18). The first-order chi connectivity index (χ1) is 8.45. The SMILES string of the molecule is O=C(O)CCC12CCC(=O)N1CC1(CC(=O)C1)C2. The topological polar surface area (TPSA) is 74.7 Å². The fourth-order valence-electron chi connectivity index (χ4n) is 4.11. The highest BCUT2D eigenvalue weighted by Gasteiger charge is 2.61. The lowest BCUT2D eigenvalue weighted by molar-refractivity contribution is -0.138. The molecule has 2 saturated heterocycles. The first-order valence-electron chi connectivity index (χ1n) is 6.49. The van der Waals surface area contributed by atoms with Gasteiger partial charge in [-0.2, -0.15) is 0 Å². The highest BCUT2D eigenvalue weighted by atomic mass is 16.4. The van der Waals surface area contributed by atoms with Crippen LogP contribution in [0.4, 0.5) is 0 Å². The third-order valence-corrected chi connectivity index (χ3v) is 4.82. The number of nitrogens with zero attached hydrogens (tertiary/aromatic N) is 1. The van der Waals surface area contributed by atoms with Gasteiger partial charge in [-0.05, 0) is 19.3 Å². The molecule has 3 aliphatic rings. The summed E-state index contributed by atoms with van der Waals surface area (Å²) in [6, 6.07) is 0. The monoisotopic (exact) mass is 251 g/mol. The molecule has 1 aliphatic carbocycles. The maximum absolute atomic E-state index is 11.9. The lowest BCUT2D eigenvalue weighted by atomic mass is 9.64. The fourth-order valence-corrected chi connectivity index (χ4v) is 4.11. The molecule has 2 heterocycles. The summed E-state index contributed by atoms with van der Waals surface area (Å²) in [5.74, 6) is -0.400. The molecule has 5 nitrogen and oxygen atoms in total. The number of Topliss-reactive ketones (excluding diaryl/α,β-unsaturated/α-hetero) is 1. The van der Waals surface area contributed by atoms with Crippen molar-refractivity contribution in [1.29, 1.82) is 0 Å². The first kappa shape index (κ1) is 11.7. The normalized spacial score (nSPS) is 32.8. The average Bonchev–Trinajstić information content (AvgIpc) is 2.72. The third kappa shape index (κ3) is 1.56. The van der Waals surface area contributed by atoms with Gasteiger partial charge >= 0.3 is 5.97 Å².